The summed E-state index contributed by atoms with van der Waals surface area (Å²) in [6.07, 6.45) is 0. The van der Waals surface area contributed by atoms with Gasteiger partial charge < -0.3 is 10.2 Å². The Kier molecular flexibility index (Phi) is 4.71. The zero-order chi connectivity index (χ0) is 13.7. The van der Waals surface area contributed by atoms with Crippen LogP contribution in [-0.2, 0) is 11.3 Å². The van der Waals surface area contributed by atoms with E-state index in [1.807, 2.05) is 38.2 Å². The van der Waals surface area contributed by atoms with E-state index < -0.39 is 0 Å². The maximum atomic E-state index is 11.9. The lowest BCUT2D eigenvalue weighted by Gasteiger charge is -2.13. The minimum atomic E-state index is 0.0524. The van der Waals surface area contributed by atoms with Crippen LogP contribution in [0.1, 0.15) is 11.1 Å². The molecule has 0 radical (unpaired) electrons. The van der Waals surface area contributed by atoms with Crippen molar-refractivity contribution in [2.45, 2.75) is 13.5 Å². The summed E-state index contributed by atoms with van der Waals surface area (Å²) in [6.45, 7) is 3.39. The largest absolute Gasteiger partial charge is 0.326 e. The number of amides is 1. The van der Waals surface area contributed by atoms with Gasteiger partial charge in [-0.05, 0) is 35.9 Å². The summed E-state index contributed by atoms with van der Waals surface area (Å²) in [4.78, 5) is 13.1. The molecule has 0 spiro atoms. The third kappa shape index (κ3) is 4.50. The predicted molar refractivity (Wildman–Crippen MR) is 79.6 cm³/mol. The number of benzene rings is 1. The molecular formula is C15H19N2OS+. The number of aryl methyl sites for hydroxylation is 1. The zero-order valence-corrected chi connectivity index (χ0v) is 12.1. The van der Waals surface area contributed by atoms with Crippen molar-refractivity contribution in [3.63, 3.8) is 0 Å². The first-order valence-corrected chi connectivity index (χ1v) is 7.26. The average molecular weight is 275 g/mol. The maximum absolute atomic E-state index is 11.9. The van der Waals surface area contributed by atoms with Crippen LogP contribution in [0, 0.1) is 6.92 Å². The van der Waals surface area contributed by atoms with Gasteiger partial charge >= 0.3 is 0 Å². The molecule has 2 aromatic rings. The molecule has 1 aromatic carbocycles. The molecule has 4 heteroatoms. The molecule has 0 saturated carbocycles. The zero-order valence-electron chi connectivity index (χ0n) is 11.3. The lowest BCUT2D eigenvalue weighted by atomic mass is 10.2. The smallest absolute Gasteiger partial charge is 0.279 e. The molecule has 1 heterocycles. The lowest BCUT2D eigenvalue weighted by molar-refractivity contribution is -0.885. The number of hydrogen-bond donors (Lipinski definition) is 2. The Morgan fingerprint density at radius 2 is 2.00 bits per heavy atom. The first-order chi connectivity index (χ1) is 9.13. The highest BCUT2D eigenvalue weighted by atomic mass is 32.1. The third-order valence-corrected chi connectivity index (χ3v) is 3.62. The van der Waals surface area contributed by atoms with Crippen molar-refractivity contribution in [1.82, 2.24) is 0 Å². The molecule has 1 unspecified atom stereocenters. The van der Waals surface area contributed by atoms with Crippen molar-refractivity contribution in [2.75, 3.05) is 18.9 Å². The second-order valence-electron chi connectivity index (χ2n) is 4.86. The highest BCUT2D eigenvalue weighted by molar-refractivity contribution is 7.07. The summed E-state index contributed by atoms with van der Waals surface area (Å²) >= 11 is 1.69. The highest BCUT2D eigenvalue weighted by Crippen LogP contribution is 2.08. The molecule has 0 fully saturated rings. The number of nitrogens with one attached hydrogen (secondary N) is 2. The van der Waals surface area contributed by atoms with E-state index in [9.17, 15) is 4.79 Å². The van der Waals surface area contributed by atoms with E-state index in [-0.39, 0.29) is 5.91 Å². The van der Waals surface area contributed by atoms with Crippen molar-refractivity contribution in [3.8, 4) is 0 Å². The molecule has 0 aliphatic heterocycles. The molecule has 3 nitrogen and oxygen atoms in total. The summed E-state index contributed by atoms with van der Waals surface area (Å²) < 4.78 is 0. The maximum Gasteiger partial charge on any atom is 0.279 e. The van der Waals surface area contributed by atoms with Crippen molar-refractivity contribution in [3.05, 3.63) is 52.2 Å². The number of anilines is 1. The second-order valence-corrected chi connectivity index (χ2v) is 5.64. The Hall–Kier alpha value is -1.65. The first kappa shape index (κ1) is 13.8. The van der Waals surface area contributed by atoms with Gasteiger partial charge in [0.2, 0.25) is 0 Å². The quantitative estimate of drug-likeness (QED) is 0.856. The van der Waals surface area contributed by atoms with E-state index in [0.717, 1.165) is 12.2 Å². The molecule has 1 aromatic heterocycles. The van der Waals surface area contributed by atoms with Gasteiger partial charge in [-0.15, -0.1) is 0 Å². The van der Waals surface area contributed by atoms with E-state index in [1.165, 1.54) is 16.0 Å². The summed E-state index contributed by atoms with van der Waals surface area (Å²) in [5, 5.41) is 7.11. The number of thiophene rings is 1. The fraction of sp³-hybridized carbons (Fsp3) is 0.267. The molecule has 0 aliphatic rings. The number of hydrogen-bond acceptors (Lipinski definition) is 2. The number of carbonyl (C=O) groups is 1. The number of quaternary nitrogens is 1. The number of rotatable bonds is 5. The highest BCUT2D eigenvalue weighted by Gasteiger charge is 2.10. The molecule has 0 bridgehead atoms. The van der Waals surface area contributed by atoms with Gasteiger partial charge in [-0.3, -0.25) is 4.79 Å². The third-order valence-electron chi connectivity index (χ3n) is 2.88. The van der Waals surface area contributed by atoms with Gasteiger partial charge in [0, 0.05) is 11.3 Å². The van der Waals surface area contributed by atoms with Gasteiger partial charge in [-0.1, -0.05) is 17.7 Å². The molecule has 2 N–H and O–H groups in total. The van der Waals surface area contributed by atoms with Crippen LogP contribution in [0.4, 0.5) is 5.69 Å². The fourth-order valence-corrected chi connectivity index (χ4v) is 2.59. The van der Waals surface area contributed by atoms with Crippen LogP contribution in [0.15, 0.2) is 41.1 Å². The molecule has 1 atom stereocenters. The van der Waals surface area contributed by atoms with Crippen molar-refractivity contribution >= 4 is 22.9 Å². The van der Waals surface area contributed by atoms with Gasteiger partial charge in [0.15, 0.2) is 6.54 Å². The Morgan fingerprint density at radius 1 is 1.26 bits per heavy atom. The van der Waals surface area contributed by atoms with Crippen molar-refractivity contribution in [2.24, 2.45) is 0 Å². The van der Waals surface area contributed by atoms with Crippen molar-refractivity contribution in [1.29, 1.82) is 0 Å². The van der Waals surface area contributed by atoms with Gasteiger partial charge in [0.1, 0.15) is 6.54 Å². The molecule has 19 heavy (non-hydrogen) atoms. The molecule has 100 valence electrons. The Bertz CT molecular complexity index is 520. The Morgan fingerprint density at radius 3 is 2.63 bits per heavy atom. The predicted octanol–water partition coefficient (Wildman–Crippen LogP) is 1.71. The minimum Gasteiger partial charge on any atom is -0.326 e. The van der Waals surface area contributed by atoms with Crippen LogP contribution in [0.3, 0.4) is 0 Å². The fourth-order valence-electron chi connectivity index (χ4n) is 1.92. The number of carbonyl (C=O) groups excluding carboxylic acids is 1. The van der Waals surface area contributed by atoms with E-state index >= 15 is 0 Å². The average Bonchev–Trinajstić information content (AvgIpc) is 2.84. The Labute approximate surface area is 117 Å². The SMILES string of the molecule is Cc1ccc(NC(=O)C[NH+](C)Cc2ccsc2)cc1. The van der Waals surface area contributed by atoms with Gasteiger partial charge in [0.25, 0.3) is 5.91 Å². The summed E-state index contributed by atoms with van der Waals surface area (Å²) in [6, 6.07) is 9.96. The molecule has 0 aliphatic carbocycles. The standard InChI is InChI=1S/C15H18N2OS/c1-12-3-5-14(6-4-12)16-15(18)10-17(2)9-13-7-8-19-11-13/h3-8,11H,9-10H2,1-2H3,(H,16,18)/p+1. The molecule has 0 saturated heterocycles. The van der Waals surface area contributed by atoms with E-state index in [4.69, 9.17) is 0 Å². The van der Waals surface area contributed by atoms with Crippen LogP contribution in [0.2, 0.25) is 0 Å². The second kappa shape index (κ2) is 6.50. The first-order valence-electron chi connectivity index (χ1n) is 6.32. The topological polar surface area (TPSA) is 33.5 Å². The van der Waals surface area contributed by atoms with E-state index in [1.54, 1.807) is 11.3 Å². The molecular weight excluding hydrogens is 256 g/mol. The molecule has 1 amide bonds. The van der Waals surface area contributed by atoms with Gasteiger partial charge in [-0.25, -0.2) is 0 Å². The normalized spacial score (nSPS) is 12.1. The van der Waals surface area contributed by atoms with E-state index in [2.05, 4.69) is 22.1 Å². The summed E-state index contributed by atoms with van der Waals surface area (Å²) in [5.74, 6) is 0.0524. The van der Waals surface area contributed by atoms with Crippen LogP contribution in [0.25, 0.3) is 0 Å². The van der Waals surface area contributed by atoms with Gasteiger partial charge in [-0.2, -0.15) is 11.3 Å². The van der Waals surface area contributed by atoms with Crippen LogP contribution < -0.4 is 10.2 Å². The van der Waals surface area contributed by atoms with E-state index in [0.29, 0.717) is 6.54 Å². The summed E-state index contributed by atoms with van der Waals surface area (Å²) in [7, 11) is 2.03. The van der Waals surface area contributed by atoms with Gasteiger partial charge in [0.05, 0.1) is 7.05 Å². The lowest BCUT2D eigenvalue weighted by Crippen LogP contribution is -3.08. The van der Waals surface area contributed by atoms with Crippen LogP contribution in [0.5, 0.6) is 0 Å². The van der Waals surface area contributed by atoms with Crippen LogP contribution in [-0.4, -0.2) is 19.5 Å². The number of likely N-dealkylation sites (N-methyl/N-ethyl adjacent to an activating group) is 1. The molecule has 2 rings (SSSR count). The van der Waals surface area contributed by atoms with Crippen LogP contribution >= 0.6 is 11.3 Å². The van der Waals surface area contributed by atoms with Crippen molar-refractivity contribution < 1.29 is 9.69 Å². The monoisotopic (exact) mass is 275 g/mol. The summed E-state index contributed by atoms with van der Waals surface area (Å²) in [5.41, 5.74) is 3.34. The Balaban J connectivity index is 1.82. The minimum absolute atomic E-state index is 0.0524.